The van der Waals surface area contributed by atoms with Crippen LogP contribution in [0.4, 0.5) is 16.2 Å². The third-order valence-electron chi connectivity index (χ3n) is 3.37. The van der Waals surface area contributed by atoms with E-state index in [1.54, 1.807) is 13.1 Å². The number of nitrogens with zero attached hydrogens (tertiary/aromatic N) is 3. The number of carbonyl (C=O) groups is 1. The first kappa shape index (κ1) is 15.9. The predicted octanol–water partition coefficient (Wildman–Crippen LogP) is 3.87. The molecule has 3 aromatic rings. The Bertz CT molecular complexity index is 876. The van der Waals surface area contributed by atoms with Gasteiger partial charge in [-0.05, 0) is 18.2 Å². The minimum atomic E-state index is -0.500. The van der Waals surface area contributed by atoms with Gasteiger partial charge in [0.15, 0.2) is 0 Å². The number of benzene rings is 2. The number of anilines is 1. The summed E-state index contributed by atoms with van der Waals surface area (Å²) in [5.74, 6) is 0. The molecule has 0 aliphatic carbocycles. The van der Waals surface area contributed by atoms with Crippen molar-refractivity contribution >= 4 is 39.0 Å². The van der Waals surface area contributed by atoms with Crippen LogP contribution in [0.25, 0.3) is 10.2 Å². The van der Waals surface area contributed by atoms with Gasteiger partial charge < -0.3 is 10.2 Å². The molecule has 2 amide bonds. The first-order chi connectivity index (χ1) is 11.5. The summed E-state index contributed by atoms with van der Waals surface area (Å²) in [4.78, 5) is 28.5. The van der Waals surface area contributed by atoms with Gasteiger partial charge in [-0.1, -0.05) is 18.2 Å². The topological polar surface area (TPSA) is 88.4 Å². The van der Waals surface area contributed by atoms with Crippen molar-refractivity contribution < 1.29 is 9.72 Å². The van der Waals surface area contributed by atoms with Crippen LogP contribution >= 0.6 is 11.3 Å². The molecule has 2 aromatic carbocycles. The van der Waals surface area contributed by atoms with Crippen LogP contribution in [0.15, 0.2) is 48.5 Å². The highest BCUT2D eigenvalue weighted by Crippen LogP contribution is 2.23. The first-order valence-electron chi connectivity index (χ1n) is 7.14. The number of hydrogen-bond donors (Lipinski definition) is 1. The van der Waals surface area contributed by atoms with Crippen LogP contribution in [0, 0.1) is 10.1 Å². The largest absolute Gasteiger partial charge is 0.321 e. The maximum atomic E-state index is 12.2. The Balaban J connectivity index is 1.68. The zero-order chi connectivity index (χ0) is 17.1. The van der Waals surface area contributed by atoms with Crippen molar-refractivity contribution in [1.29, 1.82) is 0 Å². The van der Waals surface area contributed by atoms with E-state index in [0.29, 0.717) is 12.2 Å². The average molecular weight is 342 g/mol. The minimum Gasteiger partial charge on any atom is -0.321 e. The number of non-ortho nitro benzene ring substituents is 1. The fourth-order valence-electron chi connectivity index (χ4n) is 2.18. The van der Waals surface area contributed by atoms with E-state index in [4.69, 9.17) is 0 Å². The smallest absolute Gasteiger partial charge is 0.321 e. The van der Waals surface area contributed by atoms with E-state index in [1.165, 1.54) is 34.4 Å². The monoisotopic (exact) mass is 342 g/mol. The molecule has 24 heavy (non-hydrogen) atoms. The lowest BCUT2D eigenvalue weighted by Gasteiger charge is -2.16. The van der Waals surface area contributed by atoms with Gasteiger partial charge in [-0.15, -0.1) is 11.3 Å². The van der Waals surface area contributed by atoms with E-state index in [1.807, 2.05) is 24.3 Å². The summed E-state index contributed by atoms with van der Waals surface area (Å²) in [6.07, 6.45) is 0. The molecule has 3 rings (SSSR count). The van der Waals surface area contributed by atoms with Crippen molar-refractivity contribution in [3.63, 3.8) is 0 Å². The molecule has 1 aromatic heterocycles. The van der Waals surface area contributed by atoms with Gasteiger partial charge in [-0.3, -0.25) is 10.1 Å². The quantitative estimate of drug-likeness (QED) is 0.576. The van der Waals surface area contributed by atoms with Gasteiger partial charge >= 0.3 is 6.03 Å². The van der Waals surface area contributed by atoms with Crippen LogP contribution < -0.4 is 5.32 Å². The molecule has 0 unspecified atom stereocenters. The van der Waals surface area contributed by atoms with Crippen LogP contribution in [0.5, 0.6) is 0 Å². The number of nitro benzene ring substituents is 1. The number of carbonyl (C=O) groups excluding carboxylic acids is 1. The van der Waals surface area contributed by atoms with Gasteiger partial charge in [0, 0.05) is 24.9 Å². The van der Waals surface area contributed by atoms with E-state index >= 15 is 0 Å². The van der Waals surface area contributed by atoms with Gasteiger partial charge in [-0.25, -0.2) is 9.78 Å². The number of rotatable bonds is 4. The number of aromatic nitrogens is 1. The fraction of sp³-hybridized carbons (Fsp3) is 0.125. The van der Waals surface area contributed by atoms with Gasteiger partial charge in [0.2, 0.25) is 0 Å². The highest BCUT2D eigenvalue weighted by atomic mass is 32.1. The van der Waals surface area contributed by atoms with Gasteiger partial charge in [-0.2, -0.15) is 0 Å². The lowest BCUT2D eigenvalue weighted by atomic mass is 10.3. The van der Waals surface area contributed by atoms with Crippen molar-refractivity contribution in [2.45, 2.75) is 6.54 Å². The molecule has 0 saturated carbocycles. The summed E-state index contributed by atoms with van der Waals surface area (Å²) < 4.78 is 1.07. The highest BCUT2D eigenvalue weighted by Gasteiger charge is 2.14. The van der Waals surface area contributed by atoms with Crippen molar-refractivity contribution in [2.24, 2.45) is 0 Å². The highest BCUT2D eigenvalue weighted by molar-refractivity contribution is 7.18. The van der Waals surface area contributed by atoms with Crippen molar-refractivity contribution in [2.75, 3.05) is 12.4 Å². The average Bonchev–Trinajstić information content (AvgIpc) is 2.97. The molecule has 0 radical (unpaired) electrons. The zero-order valence-corrected chi connectivity index (χ0v) is 13.6. The van der Waals surface area contributed by atoms with Crippen molar-refractivity contribution in [1.82, 2.24) is 9.88 Å². The van der Waals surface area contributed by atoms with E-state index in [9.17, 15) is 14.9 Å². The minimum absolute atomic E-state index is 0.0679. The third kappa shape index (κ3) is 3.49. The van der Waals surface area contributed by atoms with E-state index in [0.717, 1.165) is 15.2 Å². The molecular weight excluding hydrogens is 328 g/mol. The molecule has 1 heterocycles. The third-order valence-corrected chi connectivity index (χ3v) is 4.39. The maximum absolute atomic E-state index is 12.2. The molecule has 0 aliphatic rings. The maximum Gasteiger partial charge on any atom is 0.321 e. The number of nitro groups is 1. The molecule has 0 aliphatic heterocycles. The Kier molecular flexibility index (Phi) is 4.39. The summed E-state index contributed by atoms with van der Waals surface area (Å²) in [7, 11) is 1.65. The second-order valence-corrected chi connectivity index (χ2v) is 6.28. The van der Waals surface area contributed by atoms with Crippen LogP contribution in [-0.4, -0.2) is 27.9 Å². The molecule has 0 spiro atoms. The summed E-state index contributed by atoms with van der Waals surface area (Å²) >= 11 is 1.53. The molecular formula is C16H14N4O3S. The number of para-hydroxylation sites is 1. The molecule has 0 saturated heterocycles. The Morgan fingerprint density at radius 1 is 1.29 bits per heavy atom. The lowest BCUT2D eigenvalue weighted by Crippen LogP contribution is -2.30. The Morgan fingerprint density at radius 2 is 2.08 bits per heavy atom. The second kappa shape index (κ2) is 6.63. The van der Waals surface area contributed by atoms with Crippen LogP contribution in [0.2, 0.25) is 0 Å². The fourth-order valence-corrected chi connectivity index (χ4v) is 3.20. The van der Waals surface area contributed by atoms with Crippen molar-refractivity contribution in [3.05, 3.63) is 63.7 Å². The summed E-state index contributed by atoms with van der Waals surface area (Å²) in [6, 6.07) is 13.3. The van der Waals surface area contributed by atoms with Crippen LogP contribution in [0.3, 0.4) is 0 Å². The first-order valence-corrected chi connectivity index (χ1v) is 7.95. The summed E-state index contributed by atoms with van der Waals surface area (Å²) in [6.45, 7) is 0.361. The molecule has 8 heteroatoms. The van der Waals surface area contributed by atoms with E-state index in [-0.39, 0.29) is 11.7 Å². The van der Waals surface area contributed by atoms with Crippen molar-refractivity contribution in [3.8, 4) is 0 Å². The standard InChI is InChI=1S/C16H14N4O3S/c1-19(10-15-18-13-7-2-3-8-14(13)24-15)16(21)17-11-5-4-6-12(9-11)20(22)23/h2-9H,10H2,1H3,(H,17,21). The van der Waals surface area contributed by atoms with Crippen LogP contribution in [0.1, 0.15) is 5.01 Å². The lowest BCUT2D eigenvalue weighted by molar-refractivity contribution is -0.384. The Morgan fingerprint density at radius 3 is 2.83 bits per heavy atom. The molecule has 0 atom stereocenters. The Labute approximate surface area is 141 Å². The number of hydrogen-bond acceptors (Lipinski definition) is 5. The zero-order valence-electron chi connectivity index (χ0n) is 12.8. The molecule has 0 fully saturated rings. The predicted molar refractivity (Wildman–Crippen MR) is 93.2 cm³/mol. The number of fused-ring (bicyclic) bond motifs is 1. The molecule has 122 valence electrons. The second-order valence-electron chi connectivity index (χ2n) is 5.17. The van der Waals surface area contributed by atoms with Gasteiger partial charge in [0.25, 0.3) is 5.69 Å². The number of urea groups is 1. The Hall–Kier alpha value is -3.00. The molecule has 1 N–H and O–H groups in total. The van der Waals surface area contributed by atoms with E-state index in [2.05, 4.69) is 10.3 Å². The normalized spacial score (nSPS) is 10.5. The molecule has 0 bridgehead atoms. The summed E-state index contributed by atoms with van der Waals surface area (Å²) in [5, 5.41) is 14.3. The number of nitrogens with one attached hydrogen (secondary N) is 1. The van der Waals surface area contributed by atoms with Gasteiger partial charge in [0.05, 0.1) is 21.7 Å². The van der Waals surface area contributed by atoms with Crippen LogP contribution in [-0.2, 0) is 6.54 Å². The van der Waals surface area contributed by atoms with Gasteiger partial charge in [0.1, 0.15) is 5.01 Å². The summed E-state index contributed by atoms with van der Waals surface area (Å²) in [5.41, 5.74) is 1.22. The van der Waals surface area contributed by atoms with E-state index < -0.39 is 4.92 Å². The SMILES string of the molecule is CN(Cc1nc2ccccc2s1)C(=O)Nc1cccc([N+](=O)[O-])c1. The molecule has 7 nitrogen and oxygen atoms in total. The number of amides is 2. The number of thiazole rings is 1.